The van der Waals surface area contributed by atoms with E-state index in [1.807, 2.05) is 54.6 Å². The molecule has 0 saturated heterocycles. The number of nitrogens with zero attached hydrogens (tertiary/aromatic N) is 1. The summed E-state index contributed by atoms with van der Waals surface area (Å²) < 4.78 is 6.14. The van der Waals surface area contributed by atoms with Gasteiger partial charge in [0.15, 0.2) is 5.15 Å². The van der Waals surface area contributed by atoms with Crippen LogP contribution in [0, 0.1) is 0 Å². The molecule has 4 rings (SSSR count). The highest BCUT2D eigenvalue weighted by Crippen LogP contribution is 2.26. The molecule has 6 nitrogen and oxygen atoms in total. The molecular formula is C27H24ClN3O3. The van der Waals surface area contributed by atoms with E-state index < -0.39 is 5.91 Å². The lowest BCUT2D eigenvalue weighted by Crippen LogP contribution is -2.18. The van der Waals surface area contributed by atoms with Crippen molar-refractivity contribution >= 4 is 40.0 Å². The predicted octanol–water partition coefficient (Wildman–Crippen LogP) is 5.97. The Morgan fingerprint density at radius 3 is 2.59 bits per heavy atom. The average molecular weight is 474 g/mol. The van der Waals surface area contributed by atoms with Gasteiger partial charge in [0.1, 0.15) is 5.75 Å². The van der Waals surface area contributed by atoms with Crippen molar-refractivity contribution in [2.75, 3.05) is 18.5 Å². The van der Waals surface area contributed by atoms with Gasteiger partial charge in [0.25, 0.3) is 5.91 Å². The maximum atomic E-state index is 11.6. The Bertz CT molecular complexity index is 1300. The van der Waals surface area contributed by atoms with Crippen molar-refractivity contribution in [3.8, 4) is 5.75 Å². The van der Waals surface area contributed by atoms with Gasteiger partial charge in [-0.15, -0.1) is 0 Å². The average Bonchev–Trinajstić information content (AvgIpc) is 2.88. The summed E-state index contributed by atoms with van der Waals surface area (Å²) in [6.45, 7) is 1.04. The molecule has 7 heteroatoms. The fourth-order valence-electron chi connectivity index (χ4n) is 3.58. The molecule has 0 fully saturated rings. The minimum atomic E-state index is -0.549. The van der Waals surface area contributed by atoms with Crippen LogP contribution in [0.3, 0.4) is 0 Å². The van der Waals surface area contributed by atoms with Crippen LogP contribution in [0.25, 0.3) is 16.8 Å². The summed E-state index contributed by atoms with van der Waals surface area (Å²) in [7, 11) is 0. The molecule has 4 aromatic rings. The summed E-state index contributed by atoms with van der Waals surface area (Å²) in [5.41, 5.74) is 4.78. The number of hydrogen-bond acceptors (Lipinski definition) is 5. The van der Waals surface area contributed by atoms with Crippen LogP contribution in [0.2, 0.25) is 5.15 Å². The number of pyridine rings is 1. The molecule has 0 radical (unpaired) electrons. The van der Waals surface area contributed by atoms with Crippen molar-refractivity contribution in [3.05, 3.63) is 107 Å². The van der Waals surface area contributed by atoms with Gasteiger partial charge in [0.05, 0.1) is 12.3 Å². The minimum Gasteiger partial charge on any atom is -0.493 e. The number of rotatable bonds is 9. The fraction of sp³-hybridized carbons (Fsp3) is 0.111. The van der Waals surface area contributed by atoms with Gasteiger partial charge in [-0.25, -0.2) is 10.5 Å². The minimum absolute atomic E-state index is 0.376. The number of fused-ring (bicyclic) bond motifs is 1. The second-order valence-corrected chi connectivity index (χ2v) is 7.99. The van der Waals surface area contributed by atoms with Crippen molar-refractivity contribution in [1.82, 2.24) is 10.5 Å². The topological polar surface area (TPSA) is 83.5 Å². The third kappa shape index (κ3) is 5.92. The monoisotopic (exact) mass is 473 g/mol. The van der Waals surface area contributed by atoms with Crippen LogP contribution in [0.15, 0.2) is 90.6 Å². The van der Waals surface area contributed by atoms with Crippen LogP contribution in [0.5, 0.6) is 5.75 Å². The van der Waals surface area contributed by atoms with Gasteiger partial charge in [0.2, 0.25) is 0 Å². The van der Waals surface area contributed by atoms with Gasteiger partial charge in [-0.2, -0.15) is 0 Å². The Balaban J connectivity index is 1.50. The Morgan fingerprint density at radius 2 is 1.79 bits per heavy atom. The second kappa shape index (κ2) is 11.3. The molecule has 34 heavy (non-hydrogen) atoms. The first-order chi connectivity index (χ1) is 16.6. The Morgan fingerprint density at radius 1 is 1.00 bits per heavy atom. The molecule has 0 bridgehead atoms. The number of aromatic nitrogens is 1. The number of anilines is 1. The van der Waals surface area contributed by atoms with Crippen LogP contribution in [-0.2, 0) is 0 Å². The summed E-state index contributed by atoms with van der Waals surface area (Å²) in [6.07, 6.45) is 4.36. The number of ether oxygens (including phenoxy) is 1. The van der Waals surface area contributed by atoms with E-state index in [0.717, 1.165) is 33.3 Å². The van der Waals surface area contributed by atoms with Gasteiger partial charge < -0.3 is 10.1 Å². The fourth-order valence-corrected chi connectivity index (χ4v) is 3.77. The van der Waals surface area contributed by atoms with Gasteiger partial charge in [-0.05, 0) is 46.9 Å². The molecule has 172 valence electrons. The van der Waals surface area contributed by atoms with Crippen molar-refractivity contribution in [1.29, 1.82) is 0 Å². The van der Waals surface area contributed by atoms with Gasteiger partial charge >= 0.3 is 0 Å². The smallest absolute Gasteiger partial charge is 0.274 e. The highest BCUT2D eigenvalue weighted by Gasteiger charge is 2.07. The number of hydroxylamine groups is 1. The third-order valence-corrected chi connectivity index (χ3v) is 5.64. The zero-order valence-electron chi connectivity index (χ0n) is 18.4. The molecule has 1 heterocycles. The molecule has 0 aliphatic rings. The zero-order valence-corrected chi connectivity index (χ0v) is 19.1. The normalized spacial score (nSPS) is 11.3. The molecule has 0 aliphatic carbocycles. The van der Waals surface area contributed by atoms with Gasteiger partial charge in [-0.3, -0.25) is 10.0 Å². The number of carbonyl (C=O) groups is 1. The first-order valence-electron chi connectivity index (χ1n) is 10.8. The molecule has 1 amide bonds. The molecule has 3 N–H and O–H groups in total. The highest BCUT2D eigenvalue weighted by atomic mass is 35.5. The number of halogens is 1. The maximum absolute atomic E-state index is 11.6. The van der Waals surface area contributed by atoms with Crippen molar-refractivity contribution in [2.24, 2.45) is 0 Å². The first-order valence-corrected chi connectivity index (χ1v) is 11.2. The number of hydrogen-bond donors (Lipinski definition) is 3. The third-order valence-electron chi connectivity index (χ3n) is 5.34. The van der Waals surface area contributed by atoms with E-state index in [0.29, 0.717) is 30.3 Å². The molecule has 0 unspecified atom stereocenters. The van der Waals surface area contributed by atoms with Crippen LogP contribution in [-0.4, -0.2) is 29.3 Å². The number of nitrogens with one attached hydrogen (secondary N) is 2. The summed E-state index contributed by atoms with van der Waals surface area (Å²) in [5.74, 6) is 0.298. The Labute approximate surface area is 202 Å². The maximum Gasteiger partial charge on any atom is 0.274 e. The Kier molecular flexibility index (Phi) is 7.75. The van der Waals surface area contributed by atoms with Crippen LogP contribution >= 0.6 is 11.6 Å². The van der Waals surface area contributed by atoms with Crippen LogP contribution in [0.1, 0.15) is 22.3 Å². The molecule has 0 saturated carbocycles. The SMILES string of the molecule is O=C(NO)c1ccc(/C=C(/CCOc2cccc3ccccc23)CNc2cccnc2Cl)cc1. The van der Waals surface area contributed by atoms with E-state index in [9.17, 15) is 4.79 Å². The highest BCUT2D eigenvalue weighted by molar-refractivity contribution is 6.31. The molecular weight excluding hydrogens is 450 g/mol. The summed E-state index contributed by atoms with van der Waals surface area (Å²) >= 11 is 6.19. The first kappa shape index (κ1) is 23.3. The quantitative estimate of drug-likeness (QED) is 0.158. The zero-order chi connectivity index (χ0) is 23.8. The molecule has 0 aliphatic heterocycles. The van der Waals surface area contributed by atoms with Crippen molar-refractivity contribution in [3.63, 3.8) is 0 Å². The largest absolute Gasteiger partial charge is 0.493 e. The van der Waals surface area contributed by atoms with Gasteiger partial charge in [-0.1, -0.05) is 66.2 Å². The molecule has 0 atom stereocenters. The Hall–Kier alpha value is -3.87. The number of amides is 1. The summed E-state index contributed by atoms with van der Waals surface area (Å²) in [6, 6.07) is 24.8. The van der Waals surface area contributed by atoms with Crippen LogP contribution in [0.4, 0.5) is 5.69 Å². The van der Waals surface area contributed by atoms with E-state index in [4.69, 9.17) is 21.5 Å². The lowest BCUT2D eigenvalue weighted by Gasteiger charge is -2.14. The van der Waals surface area contributed by atoms with Gasteiger partial charge in [0, 0.05) is 30.1 Å². The lowest BCUT2D eigenvalue weighted by molar-refractivity contribution is 0.0706. The van der Waals surface area contributed by atoms with Crippen molar-refractivity contribution < 1.29 is 14.7 Å². The molecule has 0 spiro atoms. The molecule has 3 aromatic carbocycles. The summed E-state index contributed by atoms with van der Waals surface area (Å²) in [5, 5.41) is 14.8. The van der Waals surface area contributed by atoms with E-state index in [1.54, 1.807) is 23.8 Å². The summed E-state index contributed by atoms with van der Waals surface area (Å²) in [4.78, 5) is 15.7. The van der Waals surface area contributed by atoms with Crippen LogP contribution < -0.4 is 15.5 Å². The van der Waals surface area contributed by atoms with E-state index in [1.165, 1.54) is 0 Å². The van der Waals surface area contributed by atoms with E-state index >= 15 is 0 Å². The number of benzene rings is 3. The van der Waals surface area contributed by atoms with E-state index in [-0.39, 0.29) is 0 Å². The van der Waals surface area contributed by atoms with E-state index in [2.05, 4.69) is 28.5 Å². The number of carbonyl (C=O) groups excluding carboxylic acids is 1. The molecule has 1 aromatic heterocycles. The predicted molar refractivity (Wildman–Crippen MR) is 135 cm³/mol. The van der Waals surface area contributed by atoms with Crippen molar-refractivity contribution in [2.45, 2.75) is 6.42 Å². The second-order valence-electron chi connectivity index (χ2n) is 7.64. The lowest BCUT2D eigenvalue weighted by atomic mass is 10.1. The standard InChI is InChI=1S/C27H24ClN3O3/c28-26-24(8-4-15-29-26)30-18-20(17-19-10-12-22(13-11-19)27(32)31-33)14-16-34-25-9-3-6-21-5-1-2-7-23(21)25/h1-13,15,17,30,33H,14,16,18H2,(H,31,32)/b20-17-.